The number of nitrogens with one attached hydrogen (secondary N) is 1. The first-order chi connectivity index (χ1) is 10.6. The molecule has 1 heterocycles. The van der Waals surface area contributed by atoms with E-state index >= 15 is 0 Å². The number of benzene rings is 1. The Morgan fingerprint density at radius 3 is 2.64 bits per heavy atom. The lowest BCUT2D eigenvalue weighted by Crippen LogP contribution is -2.24. The molecule has 0 aliphatic heterocycles. The molecule has 0 unspecified atom stereocenters. The van der Waals surface area contributed by atoms with Crippen molar-refractivity contribution >= 4 is 11.9 Å². The molecule has 0 saturated heterocycles. The number of carboxylic acid groups (broad SMARTS) is 1. The molecule has 0 aliphatic rings. The highest BCUT2D eigenvalue weighted by atomic mass is 16.5. The SMILES string of the molecule is CCOc1cccc(CNC(=O)c2cccc(C(=O)O)n2)c1. The van der Waals surface area contributed by atoms with Crippen LogP contribution < -0.4 is 10.1 Å². The molecule has 0 radical (unpaired) electrons. The quantitative estimate of drug-likeness (QED) is 0.853. The van der Waals surface area contributed by atoms with Crippen LogP contribution in [0.25, 0.3) is 0 Å². The molecule has 22 heavy (non-hydrogen) atoms. The Bertz CT molecular complexity index is 685. The molecular weight excluding hydrogens is 284 g/mol. The largest absolute Gasteiger partial charge is 0.494 e. The topological polar surface area (TPSA) is 88.5 Å². The van der Waals surface area contributed by atoms with E-state index in [-0.39, 0.29) is 11.4 Å². The van der Waals surface area contributed by atoms with Gasteiger partial charge in [0.15, 0.2) is 0 Å². The van der Waals surface area contributed by atoms with Crippen LogP contribution in [0.15, 0.2) is 42.5 Å². The maximum Gasteiger partial charge on any atom is 0.354 e. The number of hydrogen-bond acceptors (Lipinski definition) is 4. The summed E-state index contributed by atoms with van der Waals surface area (Å²) in [5.74, 6) is -0.857. The molecule has 1 aromatic carbocycles. The minimum Gasteiger partial charge on any atom is -0.494 e. The van der Waals surface area contributed by atoms with Crippen LogP contribution in [0, 0.1) is 0 Å². The predicted molar refractivity (Wildman–Crippen MR) is 80.0 cm³/mol. The van der Waals surface area contributed by atoms with Crippen molar-refractivity contribution in [2.24, 2.45) is 0 Å². The summed E-state index contributed by atoms with van der Waals surface area (Å²) in [6, 6.07) is 11.7. The van der Waals surface area contributed by atoms with Gasteiger partial charge in [-0.25, -0.2) is 9.78 Å². The van der Waals surface area contributed by atoms with Gasteiger partial charge in [0.2, 0.25) is 0 Å². The number of pyridine rings is 1. The smallest absolute Gasteiger partial charge is 0.354 e. The molecule has 6 nitrogen and oxygen atoms in total. The van der Waals surface area contributed by atoms with Gasteiger partial charge in [0, 0.05) is 6.54 Å². The van der Waals surface area contributed by atoms with Crippen LogP contribution in [0.4, 0.5) is 0 Å². The van der Waals surface area contributed by atoms with E-state index < -0.39 is 11.9 Å². The fourth-order valence-corrected chi connectivity index (χ4v) is 1.87. The summed E-state index contributed by atoms with van der Waals surface area (Å²) in [6.07, 6.45) is 0. The van der Waals surface area contributed by atoms with Gasteiger partial charge in [-0.2, -0.15) is 0 Å². The van der Waals surface area contributed by atoms with Gasteiger partial charge in [0.05, 0.1) is 6.61 Å². The Morgan fingerprint density at radius 1 is 1.18 bits per heavy atom. The van der Waals surface area contributed by atoms with Crippen LogP contribution >= 0.6 is 0 Å². The molecule has 0 bridgehead atoms. The normalized spacial score (nSPS) is 10.0. The summed E-state index contributed by atoms with van der Waals surface area (Å²) in [5, 5.41) is 11.6. The lowest BCUT2D eigenvalue weighted by molar-refractivity contribution is 0.0690. The lowest BCUT2D eigenvalue weighted by atomic mass is 10.2. The molecule has 2 aromatic rings. The van der Waals surface area contributed by atoms with Crippen molar-refractivity contribution in [1.29, 1.82) is 0 Å². The molecular formula is C16H16N2O4. The predicted octanol–water partition coefficient (Wildman–Crippen LogP) is 2.11. The number of nitrogens with zero attached hydrogens (tertiary/aromatic N) is 1. The van der Waals surface area contributed by atoms with E-state index in [1.807, 2.05) is 31.2 Å². The van der Waals surface area contributed by atoms with Gasteiger partial charge in [-0.1, -0.05) is 18.2 Å². The number of carbonyl (C=O) groups excluding carboxylic acids is 1. The molecule has 0 saturated carbocycles. The monoisotopic (exact) mass is 300 g/mol. The van der Waals surface area contributed by atoms with Crippen LogP contribution in [0.3, 0.4) is 0 Å². The Balaban J connectivity index is 2.02. The summed E-state index contributed by atoms with van der Waals surface area (Å²) < 4.78 is 5.39. The Morgan fingerprint density at radius 2 is 1.91 bits per heavy atom. The second kappa shape index (κ2) is 7.21. The van der Waals surface area contributed by atoms with E-state index in [1.165, 1.54) is 18.2 Å². The van der Waals surface area contributed by atoms with Crippen molar-refractivity contribution < 1.29 is 19.4 Å². The second-order valence-electron chi connectivity index (χ2n) is 4.48. The van der Waals surface area contributed by atoms with Crippen molar-refractivity contribution in [3.63, 3.8) is 0 Å². The summed E-state index contributed by atoms with van der Waals surface area (Å²) in [5.41, 5.74) is 0.792. The molecule has 0 fully saturated rings. The summed E-state index contributed by atoms with van der Waals surface area (Å²) >= 11 is 0. The van der Waals surface area contributed by atoms with Crippen LogP contribution in [0.5, 0.6) is 5.75 Å². The standard InChI is InChI=1S/C16H16N2O4/c1-2-22-12-6-3-5-11(9-12)10-17-15(19)13-7-4-8-14(18-13)16(20)21/h3-9H,2,10H2,1H3,(H,17,19)(H,20,21). The van der Waals surface area contributed by atoms with Crippen LogP contribution in [-0.2, 0) is 6.54 Å². The first-order valence-electron chi connectivity index (χ1n) is 6.80. The zero-order valence-electron chi connectivity index (χ0n) is 12.1. The van der Waals surface area contributed by atoms with Gasteiger partial charge in [0.25, 0.3) is 5.91 Å². The van der Waals surface area contributed by atoms with Crippen LogP contribution in [-0.4, -0.2) is 28.6 Å². The molecule has 0 aliphatic carbocycles. The van der Waals surface area contributed by atoms with E-state index in [0.29, 0.717) is 13.2 Å². The van der Waals surface area contributed by atoms with Gasteiger partial charge in [-0.3, -0.25) is 4.79 Å². The molecule has 2 rings (SSSR count). The third kappa shape index (κ3) is 4.05. The van der Waals surface area contributed by atoms with Gasteiger partial charge in [-0.15, -0.1) is 0 Å². The van der Waals surface area contributed by atoms with Gasteiger partial charge in [0.1, 0.15) is 17.1 Å². The number of aromatic carboxylic acids is 1. The first kappa shape index (κ1) is 15.5. The summed E-state index contributed by atoms with van der Waals surface area (Å²) in [7, 11) is 0. The van der Waals surface area contributed by atoms with Crippen molar-refractivity contribution in [3.05, 3.63) is 59.4 Å². The zero-order chi connectivity index (χ0) is 15.9. The Hall–Kier alpha value is -2.89. The number of amides is 1. The highest BCUT2D eigenvalue weighted by molar-refractivity contribution is 5.94. The molecule has 114 valence electrons. The molecule has 0 spiro atoms. The summed E-state index contributed by atoms with van der Waals surface area (Å²) in [6.45, 7) is 2.77. The number of hydrogen-bond donors (Lipinski definition) is 2. The van der Waals surface area contributed by atoms with E-state index in [9.17, 15) is 9.59 Å². The third-order valence-electron chi connectivity index (χ3n) is 2.86. The first-order valence-corrected chi connectivity index (χ1v) is 6.80. The highest BCUT2D eigenvalue weighted by Crippen LogP contribution is 2.13. The lowest BCUT2D eigenvalue weighted by Gasteiger charge is -2.08. The average Bonchev–Trinajstić information content (AvgIpc) is 2.53. The number of carboxylic acids is 1. The molecule has 0 atom stereocenters. The van der Waals surface area contributed by atoms with E-state index in [0.717, 1.165) is 11.3 Å². The van der Waals surface area contributed by atoms with Gasteiger partial charge >= 0.3 is 5.97 Å². The van der Waals surface area contributed by atoms with Gasteiger partial charge < -0.3 is 15.2 Å². The average molecular weight is 300 g/mol. The van der Waals surface area contributed by atoms with E-state index in [4.69, 9.17) is 9.84 Å². The molecule has 1 aromatic heterocycles. The maximum atomic E-state index is 12.0. The summed E-state index contributed by atoms with van der Waals surface area (Å²) in [4.78, 5) is 26.6. The minimum absolute atomic E-state index is 0.0702. The van der Waals surface area contributed by atoms with Crippen molar-refractivity contribution in [3.8, 4) is 5.75 Å². The number of ether oxygens (including phenoxy) is 1. The van der Waals surface area contributed by atoms with E-state index in [1.54, 1.807) is 0 Å². The fraction of sp³-hybridized carbons (Fsp3) is 0.188. The minimum atomic E-state index is -1.17. The molecule has 6 heteroatoms. The highest BCUT2D eigenvalue weighted by Gasteiger charge is 2.11. The molecule has 1 amide bonds. The fourth-order valence-electron chi connectivity index (χ4n) is 1.87. The van der Waals surface area contributed by atoms with E-state index in [2.05, 4.69) is 10.3 Å². The maximum absolute atomic E-state index is 12.0. The van der Waals surface area contributed by atoms with Gasteiger partial charge in [-0.05, 0) is 36.8 Å². The third-order valence-corrected chi connectivity index (χ3v) is 2.86. The van der Waals surface area contributed by atoms with Crippen molar-refractivity contribution in [1.82, 2.24) is 10.3 Å². The second-order valence-corrected chi connectivity index (χ2v) is 4.48. The van der Waals surface area contributed by atoms with Crippen LogP contribution in [0.1, 0.15) is 33.5 Å². The molecule has 2 N–H and O–H groups in total. The van der Waals surface area contributed by atoms with Crippen molar-refractivity contribution in [2.75, 3.05) is 6.61 Å². The van der Waals surface area contributed by atoms with Crippen LogP contribution in [0.2, 0.25) is 0 Å². The number of aromatic nitrogens is 1. The number of carbonyl (C=O) groups is 2. The number of rotatable bonds is 6. The van der Waals surface area contributed by atoms with Crippen molar-refractivity contribution in [2.45, 2.75) is 13.5 Å². The zero-order valence-corrected chi connectivity index (χ0v) is 12.1. The Kier molecular flexibility index (Phi) is 5.08. The Labute approximate surface area is 127 Å².